The molecule has 166 valence electrons. The Morgan fingerprint density at radius 2 is 1.50 bits per heavy atom. The Hall–Kier alpha value is -3.02. The van der Waals surface area contributed by atoms with Crippen LogP contribution in [0.15, 0.2) is 78.9 Å². The van der Waals surface area contributed by atoms with Crippen LogP contribution in [0, 0.1) is 5.82 Å². The molecule has 1 aliphatic heterocycles. The van der Waals surface area contributed by atoms with Crippen molar-refractivity contribution in [2.24, 2.45) is 0 Å². The maximum atomic E-state index is 13.2. The fourth-order valence-corrected chi connectivity index (χ4v) is 4.11. The molecule has 1 aliphatic rings. The molecule has 3 aromatic rings. The molecule has 0 aliphatic carbocycles. The van der Waals surface area contributed by atoms with Gasteiger partial charge in [0.25, 0.3) is 0 Å². The summed E-state index contributed by atoms with van der Waals surface area (Å²) in [5.74, 6) is -0.506. The van der Waals surface area contributed by atoms with Crippen molar-refractivity contribution in [3.05, 3.63) is 101 Å². The number of hydrogen-bond donors (Lipinski definition) is 2. The average molecular weight is 432 g/mol. The second kappa shape index (κ2) is 11.0. The summed E-state index contributed by atoms with van der Waals surface area (Å²) in [5, 5.41) is 6.27. The Labute approximate surface area is 189 Å². The van der Waals surface area contributed by atoms with Gasteiger partial charge in [0.15, 0.2) is 0 Å². The second-order valence-electron chi connectivity index (χ2n) is 8.37. The molecule has 0 bridgehead atoms. The monoisotopic (exact) mass is 431 g/mol. The molecular weight excluding hydrogens is 401 g/mol. The number of nitrogens with one attached hydrogen (secondary N) is 2. The minimum absolute atomic E-state index is 0.176. The topological polar surface area (TPSA) is 44.4 Å². The first-order chi connectivity index (χ1) is 15.7. The second-order valence-corrected chi connectivity index (χ2v) is 8.37. The van der Waals surface area contributed by atoms with Gasteiger partial charge < -0.3 is 5.32 Å². The Bertz CT molecular complexity index is 984. The van der Waals surface area contributed by atoms with Crippen molar-refractivity contribution in [3.63, 3.8) is 0 Å². The van der Waals surface area contributed by atoms with Gasteiger partial charge in [-0.25, -0.2) is 4.39 Å². The highest BCUT2D eigenvalue weighted by molar-refractivity contribution is 5.95. The van der Waals surface area contributed by atoms with E-state index in [1.165, 1.54) is 50.0 Å². The Balaban J connectivity index is 1.39. The molecule has 0 unspecified atom stereocenters. The van der Waals surface area contributed by atoms with Crippen LogP contribution in [0.1, 0.15) is 42.0 Å². The SMILES string of the molecule is O=C(Nc1ccc(F)cc1)[C@H](NCc1ccc(CN2CCCCC2)cc1)c1ccccc1. The van der Waals surface area contributed by atoms with E-state index >= 15 is 0 Å². The lowest BCUT2D eigenvalue weighted by Crippen LogP contribution is -2.32. The van der Waals surface area contributed by atoms with Crippen LogP contribution < -0.4 is 10.6 Å². The van der Waals surface area contributed by atoms with Crippen LogP contribution in [0.5, 0.6) is 0 Å². The highest BCUT2D eigenvalue weighted by atomic mass is 19.1. The van der Waals surface area contributed by atoms with Gasteiger partial charge in [-0.15, -0.1) is 0 Å². The van der Waals surface area contributed by atoms with E-state index < -0.39 is 6.04 Å². The number of anilines is 1. The van der Waals surface area contributed by atoms with Gasteiger partial charge in [-0.3, -0.25) is 15.0 Å². The number of amides is 1. The van der Waals surface area contributed by atoms with Crippen LogP contribution in [-0.4, -0.2) is 23.9 Å². The van der Waals surface area contributed by atoms with E-state index in [1.54, 1.807) is 12.1 Å². The zero-order valence-electron chi connectivity index (χ0n) is 18.3. The lowest BCUT2D eigenvalue weighted by molar-refractivity contribution is -0.118. The number of carbonyl (C=O) groups is 1. The van der Waals surface area contributed by atoms with Crippen LogP contribution in [0.3, 0.4) is 0 Å². The van der Waals surface area contributed by atoms with Gasteiger partial charge in [0.2, 0.25) is 5.91 Å². The third-order valence-corrected chi connectivity index (χ3v) is 5.89. The lowest BCUT2D eigenvalue weighted by Gasteiger charge is -2.26. The number of halogens is 1. The first kappa shape index (κ1) is 22.2. The van der Waals surface area contributed by atoms with Gasteiger partial charge >= 0.3 is 0 Å². The number of rotatable bonds is 8. The molecule has 32 heavy (non-hydrogen) atoms. The van der Waals surface area contributed by atoms with E-state index in [0.717, 1.165) is 17.7 Å². The highest BCUT2D eigenvalue weighted by Crippen LogP contribution is 2.18. The van der Waals surface area contributed by atoms with Gasteiger partial charge in [-0.2, -0.15) is 0 Å². The summed E-state index contributed by atoms with van der Waals surface area (Å²) >= 11 is 0. The van der Waals surface area contributed by atoms with Gasteiger partial charge in [0.05, 0.1) is 0 Å². The van der Waals surface area contributed by atoms with Crippen LogP contribution >= 0.6 is 0 Å². The Kier molecular flexibility index (Phi) is 7.64. The summed E-state index contributed by atoms with van der Waals surface area (Å²) in [6, 6.07) is 23.6. The molecule has 1 heterocycles. The third kappa shape index (κ3) is 6.25. The van der Waals surface area contributed by atoms with E-state index in [4.69, 9.17) is 0 Å². The van der Waals surface area contributed by atoms with Crippen molar-refractivity contribution in [1.82, 2.24) is 10.2 Å². The predicted octanol–water partition coefficient (Wildman–Crippen LogP) is 5.28. The zero-order valence-corrected chi connectivity index (χ0v) is 18.3. The van der Waals surface area contributed by atoms with Crippen LogP contribution in [0.25, 0.3) is 0 Å². The summed E-state index contributed by atoms with van der Waals surface area (Å²) in [7, 11) is 0. The quantitative estimate of drug-likeness (QED) is 0.510. The summed E-state index contributed by atoms with van der Waals surface area (Å²) in [6.07, 6.45) is 3.93. The number of nitrogens with zero attached hydrogens (tertiary/aromatic N) is 1. The number of carbonyl (C=O) groups excluding carboxylic acids is 1. The maximum Gasteiger partial charge on any atom is 0.246 e. The highest BCUT2D eigenvalue weighted by Gasteiger charge is 2.20. The van der Waals surface area contributed by atoms with Crippen molar-refractivity contribution < 1.29 is 9.18 Å². The van der Waals surface area contributed by atoms with E-state index in [9.17, 15) is 9.18 Å². The molecule has 0 spiro atoms. The maximum absolute atomic E-state index is 13.2. The normalized spacial score (nSPS) is 15.3. The predicted molar refractivity (Wildman–Crippen MR) is 127 cm³/mol. The van der Waals surface area contributed by atoms with Crippen molar-refractivity contribution in [3.8, 4) is 0 Å². The van der Waals surface area contributed by atoms with E-state index in [1.807, 2.05) is 30.3 Å². The molecule has 5 heteroatoms. The van der Waals surface area contributed by atoms with Crippen molar-refractivity contribution >= 4 is 11.6 Å². The Morgan fingerprint density at radius 1 is 0.844 bits per heavy atom. The number of hydrogen-bond acceptors (Lipinski definition) is 3. The standard InChI is InChI=1S/C27H30FN3O/c28-24-13-15-25(16-14-24)30-27(32)26(23-7-3-1-4-8-23)29-19-21-9-11-22(12-10-21)20-31-17-5-2-6-18-31/h1,3-4,7-16,26,29H,2,5-6,17-20H2,(H,30,32)/t26-/m1/s1. The molecule has 1 amide bonds. The third-order valence-electron chi connectivity index (χ3n) is 5.89. The summed E-state index contributed by atoms with van der Waals surface area (Å²) in [6.45, 7) is 3.94. The average Bonchev–Trinajstić information content (AvgIpc) is 2.83. The number of benzene rings is 3. The van der Waals surface area contributed by atoms with E-state index in [0.29, 0.717) is 12.2 Å². The molecule has 0 aromatic heterocycles. The molecule has 0 radical (unpaired) electrons. The largest absolute Gasteiger partial charge is 0.324 e. The number of piperidine rings is 1. The fourth-order valence-electron chi connectivity index (χ4n) is 4.11. The summed E-state index contributed by atoms with van der Waals surface area (Å²) in [4.78, 5) is 15.5. The first-order valence-corrected chi connectivity index (χ1v) is 11.3. The van der Waals surface area contributed by atoms with E-state index in [2.05, 4.69) is 39.8 Å². The molecule has 2 N–H and O–H groups in total. The molecule has 0 saturated carbocycles. The van der Waals surface area contributed by atoms with Gasteiger partial charge in [0, 0.05) is 18.8 Å². The molecule has 4 rings (SSSR count). The molecule has 1 fully saturated rings. The van der Waals surface area contributed by atoms with Crippen LogP contribution in [-0.2, 0) is 17.9 Å². The van der Waals surface area contributed by atoms with E-state index in [-0.39, 0.29) is 11.7 Å². The molecule has 4 nitrogen and oxygen atoms in total. The van der Waals surface area contributed by atoms with Crippen molar-refractivity contribution in [2.45, 2.75) is 38.4 Å². The molecule has 3 aromatic carbocycles. The Morgan fingerprint density at radius 3 is 2.19 bits per heavy atom. The number of likely N-dealkylation sites (tertiary alicyclic amines) is 1. The van der Waals surface area contributed by atoms with Gasteiger partial charge in [-0.1, -0.05) is 61.0 Å². The summed E-state index contributed by atoms with van der Waals surface area (Å²) < 4.78 is 13.2. The minimum atomic E-state index is -0.519. The minimum Gasteiger partial charge on any atom is -0.324 e. The van der Waals surface area contributed by atoms with Crippen molar-refractivity contribution in [2.75, 3.05) is 18.4 Å². The molecular formula is C27H30FN3O. The summed E-state index contributed by atoms with van der Waals surface area (Å²) in [5.41, 5.74) is 3.90. The smallest absolute Gasteiger partial charge is 0.246 e. The van der Waals surface area contributed by atoms with Crippen molar-refractivity contribution in [1.29, 1.82) is 0 Å². The van der Waals surface area contributed by atoms with Crippen LogP contribution in [0.2, 0.25) is 0 Å². The molecule has 1 atom stereocenters. The lowest BCUT2D eigenvalue weighted by atomic mass is 10.0. The van der Waals surface area contributed by atoms with Gasteiger partial charge in [0.1, 0.15) is 11.9 Å². The molecule has 1 saturated heterocycles. The van der Waals surface area contributed by atoms with Crippen LogP contribution in [0.4, 0.5) is 10.1 Å². The fraction of sp³-hybridized carbons (Fsp3) is 0.296. The first-order valence-electron chi connectivity index (χ1n) is 11.3. The zero-order chi connectivity index (χ0) is 22.2. The van der Waals surface area contributed by atoms with Gasteiger partial charge in [-0.05, 0) is 66.9 Å².